The van der Waals surface area contributed by atoms with Crippen LogP contribution in [0.2, 0.25) is 0 Å². The summed E-state index contributed by atoms with van der Waals surface area (Å²) in [4.78, 5) is 26.0. The first-order valence-electron chi connectivity index (χ1n) is 5.03. The van der Waals surface area contributed by atoms with E-state index in [1.54, 1.807) is 14.0 Å². The number of pyridine rings is 1. The summed E-state index contributed by atoms with van der Waals surface area (Å²) in [5.41, 5.74) is 0.226. The molecule has 92 valence electrons. The quantitative estimate of drug-likeness (QED) is 0.781. The summed E-state index contributed by atoms with van der Waals surface area (Å²) < 4.78 is 4.88. The van der Waals surface area contributed by atoms with E-state index in [0.29, 0.717) is 6.61 Å². The molecule has 0 spiro atoms. The molecule has 0 saturated carbocycles. The van der Waals surface area contributed by atoms with E-state index in [2.05, 4.69) is 10.3 Å². The third kappa shape index (κ3) is 3.84. The van der Waals surface area contributed by atoms with E-state index < -0.39 is 5.97 Å². The summed E-state index contributed by atoms with van der Waals surface area (Å²) >= 11 is 0. The molecule has 6 heteroatoms. The number of amides is 1. The summed E-state index contributed by atoms with van der Waals surface area (Å²) in [6.07, 6.45) is 1.15. The molecule has 1 rings (SSSR count). The summed E-state index contributed by atoms with van der Waals surface area (Å²) in [6.45, 7) is 2.20. The van der Waals surface area contributed by atoms with Crippen molar-refractivity contribution in [2.75, 3.05) is 13.7 Å². The van der Waals surface area contributed by atoms with Crippen LogP contribution in [0.3, 0.4) is 0 Å². The minimum absolute atomic E-state index is 0.0477. The maximum absolute atomic E-state index is 11.6. The molecule has 2 N–H and O–H groups in total. The van der Waals surface area contributed by atoms with Crippen molar-refractivity contribution >= 4 is 11.9 Å². The second-order valence-electron chi connectivity index (χ2n) is 3.57. The minimum atomic E-state index is -1.07. The van der Waals surface area contributed by atoms with Crippen molar-refractivity contribution in [2.45, 2.75) is 13.0 Å². The first-order valence-corrected chi connectivity index (χ1v) is 5.03. The van der Waals surface area contributed by atoms with Crippen molar-refractivity contribution in [1.29, 1.82) is 0 Å². The zero-order valence-electron chi connectivity index (χ0n) is 9.64. The first kappa shape index (κ1) is 13.1. The standard InChI is InChI=1S/C11H14N2O4/c1-7(6-17-2)13-10(14)9-4-3-8(5-12-9)11(15)16/h3-5,7H,6H2,1-2H3,(H,13,14)(H,15,16). The number of carboxylic acids is 1. The lowest BCUT2D eigenvalue weighted by Gasteiger charge is -2.12. The molecule has 1 heterocycles. The van der Waals surface area contributed by atoms with Crippen molar-refractivity contribution in [2.24, 2.45) is 0 Å². The molecule has 1 aromatic heterocycles. The van der Waals surface area contributed by atoms with Crippen LogP contribution in [0.15, 0.2) is 18.3 Å². The zero-order valence-corrected chi connectivity index (χ0v) is 9.64. The molecular weight excluding hydrogens is 224 g/mol. The summed E-state index contributed by atoms with van der Waals surface area (Å²) in [7, 11) is 1.54. The third-order valence-corrected chi connectivity index (χ3v) is 2.04. The van der Waals surface area contributed by atoms with Crippen molar-refractivity contribution in [3.63, 3.8) is 0 Å². The number of aromatic carboxylic acids is 1. The number of carbonyl (C=O) groups is 2. The van der Waals surface area contributed by atoms with Crippen LogP contribution in [0.25, 0.3) is 0 Å². The molecule has 1 unspecified atom stereocenters. The number of carbonyl (C=O) groups excluding carboxylic acids is 1. The van der Waals surface area contributed by atoms with E-state index in [4.69, 9.17) is 9.84 Å². The van der Waals surface area contributed by atoms with Crippen LogP contribution in [0.5, 0.6) is 0 Å². The van der Waals surface area contributed by atoms with Crippen LogP contribution < -0.4 is 5.32 Å². The Morgan fingerprint density at radius 3 is 2.71 bits per heavy atom. The van der Waals surface area contributed by atoms with E-state index >= 15 is 0 Å². The van der Waals surface area contributed by atoms with Crippen LogP contribution in [0.1, 0.15) is 27.8 Å². The predicted octanol–water partition coefficient (Wildman–Crippen LogP) is 0.544. The monoisotopic (exact) mass is 238 g/mol. The molecule has 0 aliphatic rings. The van der Waals surface area contributed by atoms with Gasteiger partial charge in [0.15, 0.2) is 0 Å². The van der Waals surface area contributed by atoms with E-state index in [1.165, 1.54) is 12.1 Å². The molecular formula is C11H14N2O4. The van der Waals surface area contributed by atoms with Crippen molar-refractivity contribution in [3.8, 4) is 0 Å². The first-order chi connectivity index (χ1) is 8.04. The van der Waals surface area contributed by atoms with E-state index in [1.807, 2.05) is 0 Å². The molecule has 0 saturated heterocycles. The molecule has 0 aromatic carbocycles. The van der Waals surface area contributed by atoms with Crippen LogP contribution in [0, 0.1) is 0 Å². The number of hydrogen-bond donors (Lipinski definition) is 2. The highest BCUT2D eigenvalue weighted by Crippen LogP contribution is 2.00. The third-order valence-electron chi connectivity index (χ3n) is 2.04. The maximum Gasteiger partial charge on any atom is 0.337 e. The SMILES string of the molecule is COCC(C)NC(=O)c1ccc(C(=O)O)cn1. The van der Waals surface area contributed by atoms with Gasteiger partial charge in [0.25, 0.3) is 5.91 Å². The van der Waals surface area contributed by atoms with Crippen LogP contribution >= 0.6 is 0 Å². The number of rotatable bonds is 5. The van der Waals surface area contributed by atoms with E-state index in [9.17, 15) is 9.59 Å². The van der Waals surface area contributed by atoms with Crippen LogP contribution in [-0.4, -0.2) is 41.7 Å². The fraction of sp³-hybridized carbons (Fsp3) is 0.364. The zero-order chi connectivity index (χ0) is 12.8. The fourth-order valence-electron chi connectivity index (χ4n) is 1.24. The Morgan fingerprint density at radius 1 is 1.53 bits per heavy atom. The highest BCUT2D eigenvalue weighted by atomic mass is 16.5. The number of nitrogens with one attached hydrogen (secondary N) is 1. The van der Waals surface area contributed by atoms with Gasteiger partial charge in [0.1, 0.15) is 5.69 Å². The summed E-state index contributed by atoms with van der Waals surface area (Å²) in [5.74, 6) is -1.43. The van der Waals surface area contributed by atoms with Gasteiger partial charge in [-0.05, 0) is 19.1 Å². The summed E-state index contributed by atoms with van der Waals surface area (Å²) in [6, 6.07) is 2.58. The second-order valence-corrected chi connectivity index (χ2v) is 3.57. The van der Waals surface area contributed by atoms with E-state index in [-0.39, 0.29) is 23.2 Å². The van der Waals surface area contributed by atoms with Crippen molar-refractivity contribution in [1.82, 2.24) is 10.3 Å². The van der Waals surface area contributed by atoms with Gasteiger partial charge in [-0.2, -0.15) is 0 Å². The molecule has 0 aliphatic heterocycles. The average Bonchev–Trinajstić information content (AvgIpc) is 2.29. The van der Waals surface area contributed by atoms with Gasteiger partial charge in [0, 0.05) is 19.3 Å². The van der Waals surface area contributed by atoms with Gasteiger partial charge in [-0.3, -0.25) is 9.78 Å². The Kier molecular flexibility index (Phi) is 4.59. The van der Waals surface area contributed by atoms with Crippen molar-refractivity contribution in [3.05, 3.63) is 29.6 Å². The highest BCUT2D eigenvalue weighted by molar-refractivity contribution is 5.93. The van der Waals surface area contributed by atoms with Crippen LogP contribution in [-0.2, 0) is 4.74 Å². The number of aromatic nitrogens is 1. The normalized spacial score (nSPS) is 11.9. The Labute approximate surface area is 98.6 Å². The molecule has 0 aliphatic carbocycles. The molecule has 1 atom stereocenters. The topological polar surface area (TPSA) is 88.5 Å². The lowest BCUT2D eigenvalue weighted by atomic mass is 10.2. The Bertz CT molecular complexity index is 402. The van der Waals surface area contributed by atoms with Gasteiger partial charge in [0.05, 0.1) is 12.2 Å². The number of carboxylic acid groups (broad SMARTS) is 1. The highest BCUT2D eigenvalue weighted by Gasteiger charge is 2.11. The molecule has 1 amide bonds. The van der Waals surface area contributed by atoms with Crippen molar-refractivity contribution < 1.29 is 19.4 Å². The van der Waals surface area contributed by atoms with Gasteiger partial charge in [0.2, 0.25) is 0 Å². The summed E-state index contributed by atoms with van der Waals surface area (Å²) in [5, 5.41) is 11.3. The molecule has 1 aromatic rings. The van der Waals surface area contributed by atoms with Gasteiger partial charge < -0.3 is 15.2 Å². The van der Waals surface area contributed by atoms with Gasteiger partial charge in [-0.15, -0.1) is 0 Å². The van der Waals surface area contributed by atoms with Gasteiger partial charge in [-0.25, -0.2) is 4.79 Å². The molecule has 0 bridgehead atoms. The smallest absolute Gasteiger partial charge is 0.337 e. The molecule has 17 heavy (non-hydrogen) atoms. The molecule has 6 nitrogen and oxygen atoms in total. The average molecular weight is 238 g/mol. The predicted molar refractivity (Wildman–Crippen MR) is 60.0 cm³/mol. The number of nitrogens with zero attached hydrogens (tertiary/aromatic N) is 1. The Balaban J connectivity index is 2.66. The number of ether oxygens (including phenoxy) is 1. The van der Waals surface area contributed by atoms with Gasteiger partial charge >= 0.3 is 5.97 Å². The molecule has 0 radical (unpaired) electrons. The molecule has 0 fully saturated rings. The Morgan fingerprint density at radius 2 is 2.24 bits per heavy atom. The lowest BCUT2D eigenvalue weighted by Crippen LogP contribution is -2.36. The largest absolute Gasteiger partial charge is 0.478 e. The number of methoxy groups -OCH3 is 1. The second kappa shape index (κ2) is 5.95. The lowest BCUT2D eigenvalue weighted by molar-refractivity contribution is 0.0695. The van der Waals surface area contributed by atoms with Gasteiger partial charge in [-0.1, -0.05) is 0 Å². The maximum atomic E-state index is 11.6. The minimum Gasteiger partial charge on any atom is -0.478 e. The van der Waals surface area contributed by atoms with Crippen LogP contribution in [0.4, 0.5) is 0 Å². The number of hydrogen-bond acceptors (Lipinski definition) is 4. The fourth-order valence-corrected chi connectivity index (χ4v) is 1.24. The van der Waals surface area contributed by atoms with E-state index in [0.717, 1.165) is 6.20 Å². The Hall–Kier alpha value is -1.95.